The van der Waals surface area contributed by atoms with Crippen molar-refractivity contribution in [2.45, 2.75) is 163 Å². The molecule has 0 aromatic rings. The highest BCUT2D eigenvalue weighted by molar-refractivity contribution is 7.92. The van der Waals surface area contributed by atoms with Crippen LogP contribution >= 0.6 is 0 Å². The van der Waals surface area contributed by atoms with Crippen molar-refractivity contribution in [2.75, 3.05) is 5.75 Å². The van der Waals surface area contributed by atoms with Gasteiger partial charge in [0.05, 0.1) is 22.8 Å². The van der Waals surface area contributed by atoms with E-state index < -0.39 is 43.3 Å². The largest absolute Gasteiger partial charge is 0.460 e. The fourth-order valence-corrected chi connectivity index (χ4v) is 11.6. The van der Waals surface area contributed by atoms with Crippen LogP contribution < -0.4 is 0 Å². The van der Waals surface area contributed by atoms with Crippen LogP contribution in [0.4, 0.5) is 0 Å². The number of sulfone groups is 1. The average molecular weight is 597 g/mol. The van der Waals surface area contributed by atoms with Gasteiger partial charge in [-0.3, -0.25) is 9.59 Å². The number of ether oxygens (including phenoxy) is 2. The van der Waals surface area contributed by atoms with E-state index in [9.17, 15) is 18.0 Å². The first-order chi connectivity index (χ1) is 18.5. The summed E-state index contributed by atoms with van der Waals surface area (Å²) in [5.41, 5.74) is -4.09. The SMILES string of the molecule is CCC(C)C(C)(CC(C)(C)C)C(=O)OC1(CC(=O)OC(C)(C)C)CC2CCC1(CS(=O)(=O)C1CCCCC1)C2(C)C. The van der Waals surface area contributed by atoms with Crippen molar-refractivity contribution in [1.29, 1.82) is 0 Å². The summed E-state index contributed by atoms with van der Waals surface area (Å²) in [6.07, 6.45) is 7.68. The maximum absolute atomic E-state index is 14.5. The Morgan fingerprint density at radius 2 is 1.54 bits per heavy atom. The normalized spacial score (nSPS) is 31.0. The Morgan fingerprint density at radius 1 is 0.951 bits per heavy atom. The fourth-order valence-electron chi connectivity index (χ4n) is 8.86. The van der Waals surface area contributed by atoms with Gasteiger partial charge < -0.3 is 9.47 Å². The smallest absolute Gasteiger partial charge is 0.312 e. The molecule has 0 N–H and O–H groups in total. The van der Waals surface area contributed by atoms with Gasteiger partial charge in [0.2, 0.25) is 0 Å². The van der Waals surface area contributed by atoms with Crippen LogP contribution in [0.2, 0.25) is 0 Å². The quantitative estimate of drug-likeness (QED) is 0.237. The molecule has 3 aliphatic carbocycles. The predicted octanol–water partition coefficient (Wildman–Crippen LogP) is 8.06. The first kappa shape index (κ1) is 34.4. The van der Waals surface area contributed by atoms with Crippen LogP contribution in [0, 0.1) is 33.5 Å². The van der Waals surface area contributed by atoms with E-state index in [2.05, 4.69) is 48.5 Å². The Labute approximate surface area is 251 Å². The first-order valence-corrected chi connectivity index (χ1v) is 17.9. The highest BCUT2D eigenvalue weighted by Crippen LogP contribution is 2.72. The molecule has 0 radical (unpaired) electrons. The molecule has 5 atom stereocenters. The minimum Gasteiger partial charge on any atom is -0.460 e. The summed E-state index contributed by atoms with van der Waals surface area (Å²) in [6.45, 7) is 22.4. The lowest BCUT2D eigenvalue weighted by atomic mass is 9.62. The van der Waals surface area contributed by atoms with Gasteiger partial charge in [-0.05, 0) is 88.9 Å². The zero-order chi connectivity index (χ0) is 31.3. The van der Waals surface area contributed by atoms with Gasteiger partial charge in [0, 0.05) is 5.41 Å². The number of rotatable bonds is 10. The Bertz CT molecular complexity index is 1070. The van der Waals surface area contributed by atoms with Gasteiger partial charge >= 0.3 is 11.9 Å². The summed E-state index contributed by atoms with van der Waals surface area (Å²) in [7, 11) is -3.49. The molecule has 0 amide bonds. The van der Waals surface area contributed by atoms with E-state index in [1.807, 2.05) is 27.7 Å². The second-order valence-corrected chi connectivity index (χ2v) is 19.2. The number of fused-ring (bicyclic) bond motifs is 2. The summed E-state index contributed by atoms with van der Waals surface area (Å²) in [5, 5.41) is -0.359. The summed E-state index contributed by atoms with van der Waals surface area (Å²) in [6, 6.07) is 0. The number of hydrogen-bond acceptors (Lipinski definition) is 6. The lowest BCUT2D eigenvalue weighted by molar-refractivity contribution is -0.201. The van der Waals surface area contributed by atoms with Gasteiger partial charge in [-0.25, -0.2) is 8.42 Å². The lowest BCUT2D eigenvalue weighted by Gasteiger charge is -2.51. The summed E-state index contributed by atoms with van der Waals surface area (Å²) < 4.78 is 41.0. The molecule has 0 aromatic heterocycles. The van der Waals surface area contributed by atoms with Gasteiger partial charge in [-0.2, -0.15) is 0 Å². The minimum atomic E-state index is -3.49. The van der Waals surface area contributed by atoms with Crippen molar-refractivity contribution in [3.8, 4) is 0 Å². The van der Waals surface area contributed by atoms with Gasteiger partial charge in [-0.1, -0.05) is 74.1 Å². The van der Waals surface area contributed by atoms with E-state index in [1.54, 1.807) is 0 Å². The third kappa shape index (κ3) is 6.70. The van der Waals surface area contributed by atoms with E-state index in [1.165, 1.54) is 0 Å². The molecule has 0 heterocycles. The molecule has 0 aliphatic heterocycles. The average Bonchev–Trinajstić information content (AvgIpc) is 3.14. The van der Waals surface area contributed by atoms with Crippen LogP contribution in [0.25, 0.3) is 0 Å². The fraction of sp³-hybridized carbons (Fsp3) is 0.941. The Kier molecular flexibility index (Phi) is 9.59. The van der Waals surface area contributed by atoms with Crippen molar-refractivity contribution < 1.29 is 27.5 Å². The molecular formula is C34H60O6S. The van der Waals surface area contributed by atoms with Crippen LogP contribution in [0.15, 0.2) is 0 Å². The van der Waals surface area contributed by atoms with Crippen molar-refractivity contribution >= 4 is 21.8 Å². The highest BCUT2D eigenvalue weighted by Gasteiger charge is 2.75. The zero-order valence-electron chi connectivity index (χ0n) is 28.1. The van der Waals surface area contributed by atoms with Crippen molar-refractivity contribution in [2.24, 2.45) is 33.5 Å². The molecule has 6 nitrogen and oxygen atoms in total. The third-order valence-corrected chi connectivity index (χ3v) is 13.7. The number of esters is 2. The van der Waals surface area contributed by atoms with E-state index in [0.717, 1.165) is 32.1 Å². The van der Waals surface area contributed by atoms with Gasteiger partial charge in [0.25, 0.3) is 0 Å². The molecule has 0 aromatic carbocycles. The van der Waals surface area contributed by atoms with Crippen LogP contribution in [-0.2, 0) is 28.9 Å². The molecule has 3 rings (SSSR count). The third-order valence-electron chi connectivity index (χ3n) is 11.3. The van der Waals surface area contributed by atoms with Crippen LogP contribution in [0.3, 0.4) is 0 Å². The van der Waals surface area contributed by atoms with Gasteiger partial charge in [0.1, 0.15) is 11.2 Å². The second kappa shape index (κ2) is 11.4. The topological polar surface area (TPSA) is 86.7 Å². The first-order valence-electron chi connectivity index (χ1n) is 16.2. The Morgan fingerprint density at radius 3 is 2.02 bits per heavy atom. The minimum absolute atomic E-state index is 0.0381. The van der Waals surface area contributed by atoms with Crippen LogP contribution in [0.5, 0.6) is 0 Å². The van der Waals surface area contributed by atoms with Crippen molar-refractivity contribution in [3.63, 3.8) is 0 Å². The summed E-state index contributed by atoms with van der Waals surface area (Å²) in [4.78, 5) is 28.1. The molecule has 3 aliphatic rings. The molecule has 41 heavy (non-hydrogen) atoms. The zero-order valence-corrected chi connectivity index (χ0v) is 28.9. The molecule has 3 saturated carbocycles. The maximum Gasteiger partial charge on any atom is 0.312 e. The standard InChI is InChI=1S/C34H60O6S/c1-12-24(2)32(11,22-29(3,4)5)28(36)40-34(21-27(35)39-30(6,7)8)20-25-18-19-33(34,31(25,9)10)23-41(37,38)26-16-14-13-15-17-26/h24-26H,12-23H2,1-11H3. The number of carbonyl (C=O) groups is 2. The summed E-state index contributed by atoms with van der Waals surface area (Å²) in [5.74, 6) is -0.547. The molecule has 7 heteroatoms. The maximum atomic E-state index is 14.5. The molecule has 2 bridgehead atoms. The van der Waals surface area contributed by atoms with Gasteiger partial charge in [0.15, 0.2) is 9.84 Å². The molecule has 0 spiro atoms. The van der Waals surface area contributed by atoms with E-state index in [0.29, 0.717) is 32.1 Å². The van der Waals surface area contributed by atoms with E-state index in [4.69, 9.17) is 9.47 Å². The molecule has 5 unspecified atom stereocenters. The molecule has 238 valence electrons. The molecule has 0 saturated heterocycles. The van der Waals surface area contributed by atoms with Crippen LogP contribution in [-0.4, -0.2) is 42.6 Å². The Hall–Kier alpha value is -1.11. The second-order valence-electron chi connectivity index (χ2n) is 16.9. The van der Waals surface area contributed by atoms with E-state index in [-0.39, 0.29) is 40.6 Å². The lowest BCUT2D eigenvalue weighted by Crippen LogP contribution is -2.59. The summed E-state index contributed by atoms with van der Waals surface area (Å²) >= 11 is 0. The molecule has 3 fully saturated rings. The monoisotopic (exact) mass is 596 g/mol. The van der Waals surface area contributed by atoms with E-state index >= 15 is 0 Å². The van der Waals surface area contributed by atoms with Crippen molar-refractivity contribution in [1.82, 2.24) is 0 Å². The number of hydrogen-bond donors (Lipinski definition) is 0. The van der Waals surface area contributed by atoms with Gasteiger partial charge in [-0.15, -0.1) is 0 Å². The van der Waals surface area contributed by atoms with Crippen LogP contribution in [0.1, 0.15) is 147 Å². The predicted molar refractivity (Wildman–Crippen MR) is 165 cm³/mol. The Balaban J connectivity index is 2.15. The van der Waals surface area contributed by atoms with Crippen molar-refractivity contribution in [3.05, 3.63) is 0 Å². The number of carbonyl (C=O) groups excluding carboxylic acids is 2. The highest BCUT2D eigenvalue weighted by atomic mass is 32.2. The molecular weight excluding hydrogens is 536 g/mol.